The molecule has 0 aliphatic rings. The number of benzene rings is 2. The van der Waals surface area contributed by atoms with Crippen LogP contribution in [0, 0.1) is 5.82 Å². The van der Waals surface area contributed by atoms with Crippen LogP contribution in [0.1, 0.15) is 18.1 Å². The number of hydrogen-bond acceptors (Lipinski definition) is 1. The molecule has 2 rings (SSSR count). The van der Waals surface area contributed by atoms with Crippen LogP contribution < -0.4 is 5.32 Å². The Kier molecular flexibility index (Phi) is 4.11. The molecule has 1 nitrogen and oxygen atoms in total. The average molecular weight is 243 g/mol. The van der Waals surface area contributed by atoms with Crippen molar-refractivity contribution in [1.29, 1.82) is 0 Å². The molecule has 0 radical (unpaired) electrons. The zero-order valence-electron chi connectivity index (χ0n) is 10.8. The molecule has 2 aromatic rings. The Morgan fingerprint density at radius 3 is 2.28 bits per heavy atom. The second-order valence-corrected chi connectivity index (χ2v) is 4.39. The summed E-state index contributed by atoms with van der Waals surface area (Å²) in [6, 6.07) is 13.7. The molecule has 2 heteroatoms. The molecule has 0 unspecified atom stereocenters. The molecule has 0 saturated carbocycles. The topological polar surface area (TPSA) is 12.0 Å². The van der Waals surface area contributed by atoms with Gasteiger partial charge in [-0.25, -0.2) is 4.39 Å². The summed E-state index contributed by atoms with van der Waals surface area (Å²) in [5, 5.41) is 2.98. The van der Waals surface area contributed by atoms with Crippen molar-refractivity contribution in [1.82, 2.24) is 5.32 Å². The van der Waals surface area contributed by atoms with Crippen LogP contribution in [-0.2, 0) is 13.0 Å². The van der Waals surface area contributed by atoms with Crippen LogP contribution in [0.5, 0.6) is 0 Å². The molecule has 18 heavy (non-hydrogen) atoms. The summed E-state index contributed by atoms with van der Waals surface area (Å²) in [5.74, 6) is -0.154. The van der Waals surface area contributed by atoms with Gasteiger partial charge < -0.3 is 5.32 Å². The lowest BCUT2D eigenvalue weighted by Crippen LogP contribution is -2.07. The van der Waals surface area contributed by atoms with Crippen molar-refractivity contribution in [2.45, 2.75) is 19.9 Å². The van der Waals surface area contributed by atoms with Crippen LogP contribution in [0.3, 0.4) is 0 Å². The molecule has 0 aliphatic carbocycles. The Morgan fingerprint density at radius 2 is 1.67 bits per heavy atom. The summed E-state index contributed by atoms with van der Waals surface area (Å²) < 4.78 is 13.6. The predicted molar refractivity (Wildman–Crippen MR) is 74.0 cm³/mol. The van der Waals surface area contributed by atoms with Gasteiger partial charge in [0, 0.05) is 12.1 Å². The molecule has 2 aromatic carbocycles. The quantitative estimate of drug-likeness (QED) is 0.861. The van der Waals surface area contributed by atoms with Crippen LogP contribution in [0.4, 0.5) is 4.39 Å². The second-order valence-electron chi connectivity index (χ2n) is 4.39. The van der Waals surface area contributed by atoms with Crippen molar-refractivity contribution in [3.05, 3.63) is 59.4 Å². The summed E-state index contributed by atoms with van der Waals surface area (Å²) in [7, 11) is 1.82. The van der Waals surface area contributed by atoms with Crippen molar-refractivity contribution in [2.24, 2.45) is 0 Å². The fourth-order valence-corrected chi connectivity index (χ4v) is 2.01. The number of halogens is 1. The van der Waals surface area contributed by atoms with Crippen molar-refractivity contribution < 1.29 is 4.39 Å². The van der Waals surface area contributed by atoms with Gasteiger partial charge in [0.25, 0.3) is 0 Å². The molecule has 0 spiro atoms. The van der Waals surface area contributed by atoms with Crippen LogP contribution in [0.2, 0.25) is 0 Å². The maximum absolute atomic E-state index is 13.6. The minimum absolute atomic E-state index is 0.154. The third-order valence-corrected chi connectivity index (χ3v) is 3.11. The molecule has 0 atom stereocenters. The van der Waals surface area contributed by atoms with E-state index in [0.29, 0.717) is 12.1 Å². The fraction of sp³-hybridized carbons (Fsp3) is 0.250. The van der Waals surface area contributed by atoms with Crippen molar-refractivity contribution in [2.75, 3.05) is 7.05 Å². The first-order chi connectivity index (χ1) is 8.74. The van der Waals surface area contributed by atoms with Gasteiger partial charge in [-0.15, -0.1) is 0 Å². The van der Waals surface area contributed by atoms with Gasteiger partial charge in [-0.3, -0.25) is 0 Å². The summed E-state index contributed by atoms with van der Waals surface area (Å²) >= 11 is 0. The molecule has 0 aromatic heterocycles. The Labute approximate surface area is 108 Å². The van der Waals surface area contributed by atoms with E-state index in [2.05, 4.69) is 36.5 Å². The Morgan fingerprint density at radius 1 is 1.00 bits per heavy atom. The lowest BCUT2D eigenvalue weighted by Gasteiger charge is -2.07. The highest BCUT2D eigenvalue weighted by molar-refractivity contribution is 5.64. The maximum atomic E-state index is 13.6. The van der Waals surface area contributed by atoms with Gasteiger partial charge in [-0.2, -0.15) is 0 Å². The molecule has 0 amide bonds. The summed E-state index contributed by atoms with van der Waals surface area (Å²) in [4.78, 5) is 0. The average Bonchev–Trinajstić information content (AvgIpc) is 2.42. The van der Waals surface area contributed by atoms with E-state index in [9.17, 15) is 4.39 Å². The normalized spacial score (nSPS) is 10.6. The third-order valence-electron chi connectivity index (χ3n) is 3.11. The van der Waals surface area contributed by atoms with Crippen LogP contribution in [-0.4, -0.2) is 7.05 Å². The van der Waals surface area contributed by atoms with Gasteiger partial charge >= 0.3 is 0 Å². The monoisotopic (exact) mass is 243 g/mol. The lowest BCUT2D eigenvalue weighted by atomic mass is 10.0. The van der Waals surface area contributed by atoms with E-state index in [0.717, 1.165) is 17.5 Å². The number of nitrogens with one attached hydrogen (secondary N) is 1. The minimum atomic E-state index is -0.154. The molecule has 0 fully saturated rings. The summed E-state index contributed by atoms with van der Waals surface area (Å²) in [6.45, 7) is 2.69. The van der Waals surface area contributed by atoms with Gasteiger partial charge in [0.15, 0.2) is 0 Å². The van der Waals surface area contributed by atoms with E-state index in [1.54, 1.807) is 0 Å². The van der Waals surface area contributed by atoms with E-state index in [1.165, 1.54) is 11.6 Å². The van der Waals surface area contributed by atoms with E-state index >= 15 is 0 Å². The SMILES string of the molecule is CCc1ccc(-c2ccc(F)c(CNC)c2)cc1. The number of rotatable bonds is 4. The standard InChI is InChI=1S/C16H18FN/c1-3-12-4-6-13(7-5-12)14-8-9-16(17)15(10-14)11-18-2/h4-10,18H,3,11H2,1-2H3. The van der Waals surface area contributed by atoms with Crippen LogP contribution >= 0.6 is 0 Å². The van der Waals surface area contributed by atoms with Gasteiger partial charge in [-0.05, 0) is 42.3 Å². The van der Waals surface area contributed by atoms with E-state index in [1.807, 2.05) is 19.2 Å². The van der Waals surface area contributed by atoms with Gasteiger partial charge in [-0.1, -0.05) is 37.3 Å². The Balaban J connectivity index is 2.34. The van der Waals surface area contributed by atoms with Gasteiger partial charge in [0.1, 0.15) is 5.82 Å². The molecule has 0 heterocycles. The highest BCUT2D eigenvalue weighted by Gasteiger charge is 2.04. The van der Waals surface area contributed by atoms with Crippen molar-refractivity contribution >= 4 is 0 Å². The molecular weight excluding hydrogens is 225 g/mol. The van der Waals surface area contributed by atoms with E-state index in [-0.39, 0.29) is 5.82 Å². The minimum Gasteiger partial charge on any atom is -0.316 e. The largest absolute Gasteiger partial charge is 0.316 e. The number of aryl methyl sites for hydroxylation is 1. The first-order valence-electron chi connectivity index (χ1n) is 6.27. The third kappa shape index (κ3) is 2.77. The van der Waals surface area contributed by atoms with E-state index < -0.39 is 0 Å². The van der Waals surface area contributed by atoms with Gasteiger partial charge in [0.2, 0.25) is 0 Å². The second kappa shape index (κ2) is 5.78. The smallest absolute Gasteiger partial charge is 0.127 e. The zero-order valence-corrected chi connectivity index (χ0v) is 10.8. The maximum Gasteiger partial charge on any atom is 0.127 e. The highest BCUT2D eigenvalue weighted by atomic mass is 19.1. The van der Waals surface area contributed by atoms with Crippen molar-refractivity contribution in [3.8, 4) is 11.1 Å². The molecule has 0 saturated heterocycles. The molecule has 0 bridgehead atoms. The fourth-order valence-electron chi connectivity index (χ4n) is 2.01. The molecular formula is C16H18FN. The molecule has 94 valence electrons. The highest BCUT2D eigenvalue weighted by Crippen LogP contribution is 2.22. The summed E-state index contributed by atoms with van der Waals surface area (Å²) in [5.41, 5.74) is 4.21. The van der Waals surface area contributed by atoms with Crippen LogP contribution in [0.15, 0.2) is 42.5 Å². The zero-order chi connectivity index (χ0) is 13.0. The lowest BCUT2D eigenvalue weighted by molar-refractivity contribution is 0.601. The van der Waals surface area contributed by atoms with Crippen molar-refractivity contribution in [3.63, 3.8) is 0 Å². The molecule has 1 N–H and O–H groups in total. The number of hydrogen-bond donors (Lipinski definition) is 1. The Bertz CT molecular complexity index is 517. The Hall–Kier alpha value is -1.67. The predicted octanol–water partition coefficient (Wildman–Crippen LogP) is 3.77. The molecule has 0 aliphatic heterocycles. The van der Waals surface area contributed by atoms with Gasteiger partial charge in [0.05, 0.1) is 0 Å². The first-order valence-corrected chi connectivity index (χ1v) is 6.27. The van der Waals surface area contributed by atoms with E-state index in [4.69, 9.17) is 0 Å². The van der Waals surface area contributed by atoms with Crippen LogP contribution in [0.25, 0.3) is 11.1 Å². The first kappa shape index (κ1) is 12.8. The summed E-state index contributed by atoms with van der Waals surface area (Å²) in [6.07, 6.45) is 1.04.